The number of aryl methyl sites for hydroxylation is 1. The van der Waals surface area contributed by atoms with Gasteiger partial charge in [-0.1, -0.05) is 23.8 Å². The quantitative estimate of drug-likeness (QED) is 0.420. The average molecular weight is 447 g/mol. The van der Waals surface area contributed by atoms with Gasteiger partial charge in [-0.25, -0.2) is 16.8 Å². The van der Waals surface area contributed by atoms with E-state index in [1.54, 1.807) is 12.1 Å². The first-order chi connectivity index (χ1) is 14.1. The molecule has 0 atom stereocenters. The summed E-state index contributed by atoms with van der Waals surface area (Å²) in [4.78, 5) is 12.1. The maximum Gasteiger partial charge on any atom is 0.270 e. The Bertz CT molecular complexity index is 1290. The maximum absolute atomic E-state index is 12.7. The van der Waals surface area contributed by atoms with Crippen LogP contribution in [-0.2, 0) is 19.9 Å². The third-order valence-corrected chi connectivity index (χ3v) is 7.20. The van der Waals surface area contributed by atoms with Crippen LogP contribution in [0.3, 0.4) is 0 Å². The lowest BCUT2D eigenvalue weighted by atomic mass is 10.2. The van der Waals surface area contributed by atoms with E-state index in [2.05, 4.69) is 10.3 Å². The number of anilines is 1. The van der Waals surface area contributed by atoms with Crippen LogP contribution >= 0.6 is 0 Å². The summed E-state index contributed by atoms with van der Waals surface area (Å²) in [5.74, 6) is 0. The van der Waals surface area contributed by atoms with Crippen molar-refractivity contribution in [1.82, 2.24) is 4.83 Å². The van der Waals surface area contributed by atoms with Gasteiger partial charge >= 0.3 is 0 Å². The number of hydrogen-bond acceptors (Lipinski definition) is 7. The van der Waals surface area contributed by atoms with E-state index in [1.165, 1.54) is 54.6 Å². The summed E-state index contributed by atoms with van der Waals surface area (Å²) >= 11 is 0. The molecule has 0 amide bonds. The molecule has 0 aliphatic heterocycles. The standard InChI is InChI=1S/C19H17N3O6S2/c1-14-5-9-17(10-6-14)29(25,26)18-11-7-15(8-12-18)20-21-30(27,28)19-4-2-3-16(13-19)22(23)24/h2-13,20-21H,1H3. The Labute approximate surface area is 173 Å². The second kappa shape index (κ2) is 8.22. The van der Waals surface area contributed by atoms with Crippen molar-refractivity contribution in [2.24, 2.45) is 0 Å². The third-order valence-electron chi connectivity index (χ3n) is 4.16. The van der Waals surface area contributed by atoms with Crippen molar-refractivity contribution in [3.63, 3.8) is 0 Å². The molecule has 0 bridgehead atoms. The topological polar surface area (TPSA) is 135 Å². The van der Waals surface area contributed by atoms with E-state index in [-0.39, 0.29) is 26.1 Å². The molecule has 0 aliphatic carbocycles. The Morgan fingerprint density at radius 1 is 0.800 bits per heavy atom. The Balaban J connectivity index is 1.75. The summed E-state index contributed by atoms with van der Waals surface area (Å²) in [5.41, 5.74) is 3.32. The largest absolute Gasteiger partial charge is 0.308 e. The molecule has 9 nitrogen and oxygen atoms in total. The Morgan fingerprint density at radius 2 is 1.37 bits per heavy atom. The molecular weight excluding hydrogens is 430 g/mol. The van der Waals surface area contributed by atoms with Crippen LogP contribution in [-0.4, -0.2) is 21.8 Å². The normalized spacial score (nSPS) is 11.8. The minimum absolute atomic E-state index is 0.0541. The molecule has 11 heteroatoms. The molecule has 2 N–H and O–H groups in total. The van der Waals surface area contributed by atoms with E-state index in [1.807, 2.05) is 6.92 Å². The molecule has 0 saturated heterocycles. The first kappa shape index (κ1) is 21.4. The van der Waals surface area contributed by atoms with Crippen LogP contribution in [0, 0.1) is 17.0 Å². The summed E-state index contributed by atoms with van der Waals surface area (Å²) in [6, 6.07) is 16.5. The second-order valence-corrected chi connectivity index (χ2v) is 9.96. The smallest absolute Gasteiger partial charge is 0.270 e. The molecule has 3 rings (SSSR count). The van der Waals surface area contributed by atoms with Crippen LogP contribution in [0.4, 0.5) is 11.4 Å². The number of nitro groups is 1. The van der Waals surface area contributed by atoms with Crippen molar-refractivity contribution in [1.29, 1.82) is 0 Å². The van der Waals surface area contributed by atoms with Crippen LogP contribution in [0.5, 0.6) is 0 Å². The fourth-order valence-corrected chi connectivity index (χ4v) is 4.68. The number of sulfonamides is 1. The molecule has 0 aliphatic rings. The highest BCUT2D eigenvalue weighted by Gasteiger charge is 2.19. The summed E-state index contributed by atoms with van der Waals surface area (Å²) in [7, 11) is -7.79. The van der Waals surface area contributed by atoms with Crippen molar-refractivity contribution in [3.8, 4) is 0 Å². The van der Waals surface area contributed by atoms with Gasteiger partial charge in [-0.05, 0) is 49.4 Å². The van der Waals surface area contributed by atoms with Crippen LogP contribution in [0.1, 0.15) is 5.56 Å². The molecular formula is C19H17N3O6S2. The van der Waals surface area contributed by atoms with Gasteiger partial charge in [-0.2, -0.15) is 0 Å². The zero-order chi connectivity index (χ0) is 21.9. The van der Waals surface area contributed by atoms with Gasteiger partial charge in [-0.15, -0.1) is 4.83 Å². The molecule has 3 aromatic rings. The van der Waals surface area contributed by atoms with E-state index < -0.39 is 24.8 Å². The van der Waals surface area contributed by atoms with Gasteiger partial charge in [-0.3, -0.25) is 10.1 Å². The number of hydrogen-bond donors (Lipinski definition) is 2. The van der Waals surface area contributed by atoms with E-state index >= 15 is 0 Å². The molecule has 3 aromatic carbocycles. The second-order valence-electron chi connectivity index (χ2n) is 6.33. The summed E-state index contributed by atoms with van der Waals surface area (Å²) < 4.78 is 50.0. The number of non-ortho nitro benzene ring substituents is 1. The van der Waals surface area contributed by atoms with Crippen LogP contribution < -0.4 is 10.3 Å². The third kappa shape index (κ3) is 4.64. The number of nitrogens with one attached hydrogen (secondary N) is 2. The first-order valence-electron chi connectivity index (χ1n) is 8.54. The van der Waals surface area contributed by atoms with E-state index in [4.69, 9.17) is 0 Å². The number of rotatable bonds is 7. The van der Waals surface area contributed by atoms with Gasteiger partial charge in [0.1, 0.15) is 0 Å². The van der Waals surface area contributed by atoms with E-state index in [0.29, 0.717) is 0 Å². The maximum atomic E-state index is 12.7. The van der Waals surface area contributed by atoms with Crippen molar-refractivity contribution in [2.45, 2.75) is 21.6 Å². The van der Waals surface area contributed by atoms with E-state index in [9.17, 15) is 26.9 Å². The molecule has 0 spiro atoms. The molecule has 0 fully saturated rings. The number of benzene rings is 3. The van der Waals surface area contributed by atoms with Gasteiger partial charge in [0, 0.05) is 17.8 Å². The van der Waals surface area contributed by atoms with Gasteiger partial charge in [0.25, 0.3) is 15.7 Å². The fourth-order valence-electron chi connectivity index (χ4n) is 2.52. The zero-order valence-corrected chi connectivity index (χ0v) is 17.3. The summed E-state index contributed by atoms with van der Waals surface area (Å²) in [5, 5.41) is 10.8. The van der Waals surface area contributed by atoms with Gasteiger partial charge < -0.3 is 5.43 Å². The highest BCUT2D eigenvalue weighted by atomic mass is 32.2. The SMILES string of the molecule is Cc1ccc(S(=O)(=O)c2ccc(NNS(=O)(=O)c3cccc([N+](=O)[O-])c3)cc2)cc1. The molecule has 0 saturated carbocycles. The van der Waals surface area contributed by atoms with E-state index in [0.717, 1.165) is 11.6 Å². The minimum atomic E-state index is -4.08. The number of nitro benzene ring substituents is 1. The molecule has 0 radical (unpaired) electrons. The lowest BCUT2D eigenvalue weighted by Gasteiger charge is -2.10. The number of nitrogens with zero attached hydrogens (tertiary/aromatic N) is 1. The van der Waals surface area contributed by atoms with Gasteiger partial charge in [0.2, 0.25) is 9.84 Å². The highest BCUT2D eigenvalue weighted by molar-refractivity contribution is 7.91. The Morgan fingerprint density at radius 3 is 1.93 bits per heavy atom. The van der Waals surface area contributed by atoms with Crippen LogP contribution in [0.2, 0.25) is 0 Å². The summed E-state index contributed by atoms with van der Waals surface area (Å²) in [6.07, 6.45) is 0. The molecule has 0 heterocycles. The van der Waals surface area contributed by atoms with Crippen molar-refractivity contribution in [3.05, 3.63) is 88.5 Å². The monoisotopic (exact) mass is 447 g/mol. The Hall–Kier alpha value is -3.28. The zero-order valence-electron chi connectivity index (χ0n) is 15.6. The first-order valence-corrected chi connectivity index (χ1v) is 11.5. The number of hydrazine groups is 1. The van der Waals surface area contributed by atoms with Crippen molar-refractivity contribution >= 4 is 31.2 Å². The van der Waals surface area contributed by atoms with Crippen molar-refractivity contribution < 1.29 is 21.8 Å². The molecule has 156 valence electrons. The molecule has 30 heavy (non-hydrogen) atoms. The van der Waals surface area contributed by atoms with Gasteiger partial charge in [0.05, 0.1) is 19.6 Å². The lowest BCUT2D eigenvalue weighted by molar-refractivity contribution is -0.385. The minimum Gasteiger partial charge on any atom is -0.308 e. The van der Waals surface area contributed by atoms with Gasteiger partial charge in [0.15, 0.2) is 0 Å². The predicted octanol–water partition coefficient (Wildman–Crippen LogP) is 3.04. The molecule has 0 unspecified atom stereocenters. The average Bonchev–Trinajstić information content (AvgIpc) is 2.73. The van der Waals surface area contributed by atoms with Crippen molar-refractivity contribution in [2.75, 3.05) is 5.43 Å². The fraction of sp³-hybridized carbons (Fsp3) is 0.0526. The van der Waals surface area contributed by atoms with Crippen LogP contribution in [0.15, 0.2) is 87.5 Å². The molecule has 0 aromatic heterocycles. The predicted molar refractivity (Wildman–Crippen MR) is 110 cm³/mol. The summed E-state index contributed by atoms with van der Waals surface area (Å²) in [6.45, 7) is 1.85. The lowest BCUT2D eigenvalue weighted by Crippen LogP contribution is -2.29. The highest BCUT2D eigenvalue weighted by Crippen LogP contribution is 2.23. The Kier molecular flexibility index (Phi) is 5.87. The number of sulfone groups is 1. The van der Waals surface area contributed by atoms with Crippen LogP contribution in [0.25, 0.3) is 0 Å².